The molecule has 5 heteroatoms. The number of carbonyl (C=O) groups is 1. The molecule has 1 fully saturated rings. The summed E-state index contributed by atoms with van der Waals surface area (Å²) in [6, 6.07) is 0. The van der Waals surface area contributed by atoms with E-state index in [-0.39, 0.29) is 18.1 Å². The second kappa shape index (κ2) is 5.71. The van der Waals surface area contributed by atoms with E-state index in [0.29, 0.717) is 26.3 Å². The Hall–Kier alpha value is -1.07. The Morgan fingerprint density at radius 1 is 1.50 bits per heavy atom. The number of aliphatic hydroxyl groups is 1. The Morgan fingerprint density at radius 2 is 2.11 bits per heavy atom. The highest BCUT2D eigenvalue weighted by atomic mass is 16.6. The van der Waals surface area contributed by atoms with Gasteiger partial charge in [0.2, 0.25) is 0 Å². The Kier molecular flexibility index (Phi) is 4.76. The van der Waals surface area contributed by atoms with Crippen molar-refractivity contribution in [3.63, 3.8) is 0 Å². The number of likely N-dealkylation sites (tertiary alicyclic amines) is 1. The largest absolute Gasteiger partial charge is 0.444 e. The second-order valence-electron chi connectivity index (χ2n) is 5.80. The summed E-state index contributed by atoms with van der Waals surface area (Å²) in [5.74, 6) is 0. The molecule has 1 N–H and O–H groups in total. The monoisotopic (exact) mass is 257 g/mol. The molecule has 0 spiro atoms. The highest BCUT2D eigenvalue weighted by molar-refractivity contribution is 5.69. The van der Waals surface area contributed by atoms with Crippen molar-refractivity contribution < 1.29 is 19.4 Å². The maximum absolute atomic E-state index is 11.7. The number of hydrogen-bond acceptors (Lipinski definition) is 4. The highest BCUT2D eigenvalue weighted by Crippen LogP contribution is 2.31. The van der Waals surface area contributed by atoms with Crippen LogP contribution in [-0.2, 0) is 9.47 Å². The first-order valence-electron chi connectivity index (χ1n) is 6.09. The van der Waals surface area contributed by atoms with Crippen molar-refractivity contribution in [3.05, 3.63) is 12.7 Å². The van der Waals surface area contributed by atoms with Crippen LogP contribution in [0.25, 0.3) is 0 Å². The van der Waals surface area contributed by atoms with Crippen molar-refractivity contribution in [1.82, 2.24) is 4.90 Å². The van der Waals surface area contributed by atoms with E-state index in [1.165, 1.54) is 0 Å². The SMILES string of the molecule is C=CCOCC1(CO)CN(C(=O)OC(C)(C)C)C1. The van der Waals surface area contributed by atoms with Crippen LogP contribution < -0.4 is 0 Å². The molecular formula is C13H23NO4. The normalized spacial score (nSPS) is 18.1. The van der Waals surface area contributed by atoms with Crippen LogP contribution in [0.1, 0.15) is 20.8 Å². The van der Waals surface area contributed by atoms with Crippen molar-refractivity contribution in [1.29, 1.82) is 0 Å². The maximum Gasteiger partial charge on any atom is 0.410 e. The van der Waals surface area contributed by atoms with E-state index in [0.717, 1.165) is 0 Å². The van der Waals surface area contributed by atoms with Gasteiger partial charge in [-0.1, -0.05) is 6.08 Å². The van der Waals surface area contributed by atoms with E-state index >= 15 is 0 Å². The van der Waals surface area contributed by atoms with Gasteiger partial charge in [0.15, 0.2) is 0 Å². The zero-order chi connectivity index (χ0) is 13.8. The highest BCUT2D eigenvalue weighted by Gasteiger charge is 2.46. The van der Waals surface area contributed by atoms with E-state index in [2.05, 4.69) is 6.58 Å². The third-order valence-corrected chi connectivity index (χ3v) is 2.68. The topological polar surface area (TPSA) is 59.0 Å². The standard InChI is InChI=1S/C13H23NO4/c1-5-6-17-10-13(9-15)7-14(8-13)11(16)18-12(2,3)4/h5,15H,1,6-10H2,2-4H3. The molecule has 1 aliphatic heterocycles. The minimum absolute atomic E-state index is 0.00341. The van der Waals surface area contributed by atoms with Crippen LogP contribution in [0.3, 0.4) is 0 Å². The molecule has 0 unspecified atom stereocenters. The molecule has 0 aromatic heterocycles. The molecule has 0 aromatic rings. The molecule has 1 aliphatic rings. The molecule has 104 valence electrons. The molecule has 0 atom stereocenters. The lowest BCUT2D eigenvalue weighted by molar-refractivity contribution is -0.0911. The zero-order valence-corrected chi connectivity index (χ0v) is 11.4. The molecular weight excluding hydrogens is 234 g/mol. The Morgan fingerprint density at radius 3 is 2.56 bits per heavy atom. The third-order valence-electron chi connectivity index (χ3n) is 2.68. The number of amides is 1. The first-order valence-corrected chi connectivity index (χ1v) is 6.09. The smallest absolute Gasteiger partial charge is 0.410 e. The number of rotatable bonds is 5. The van der Waals surface area contributed by atoms with Gasteiger partial charge in [0.25, 0.3) is 0 Å². The van der Waals surface area contributed by atoms with E-state index in [1.54, 1.807) is 11.0 Å². The predicted octanol–water partition coefficient (Wildman–Crippen LogP) is 1.42. The van der Waals surface area contributed by atoms with Gasteiger partial charge in [0, 0.05) is 13.1 Å². The van der Waals surface area contributed by atoms with E-state index < -0.39 is 5.60 Å². The summed E-state index contributed by atoms with van der Waals surface area (Å²) in [4.78, 5) is 13.3. The quantitative estimate of drug-likeness (QED) is 0.598. The van der Waals surface area contributed by atoms with Gasteiger partial charge in [-0.2, -0.15) is 0 Å². The van der Waals surface area contributed by atoms with Crippen LogP contribution in [0.2, 0.25) is 0 Å². The maximum atomic E-state index is 11.7. The Bertz CT molecular complexity index is 303. The number of nitrogens with zero attached hydrogens (tertiary/aromatic N) is 1. The van der Waals surface area contributed by atoms with Crippen molar-refractivity contribution in [3.8, 4) is 0 Å². The molecule has 0 aliphatic carbocycles. The predicted molar refractivity (Wildman–Crippen MR) is 68.3 cm³/mol. The summed E-state index contributed by atoms with van der Waals surface area (Å²) in [7, 11) is 0. The summed E-state index contributed by atoms with van der Waals surface area (Å²) in [5.41, 5.74) is -0.839. The lowest BCUT2D eigenvalue weighted by Gasteiger charge is -2.48. The summed E-state index contributed by atoms with van der Waals surface area (Å²) in [5, 5.41) is 9.38. The molecule has 1 heterocycles. The molecule has 0 aromatic carbocycles. The van der Waals surface area contributed by atoms with Gasteiger partial charge < -0.3 is 19.5 Å². The van der Waals surface area contributed by atoms with Crippen LogP contribution in [-0.4, -0.2) is 54.6 Å². The average Bonchev–Trinajstić information content (AvgIpc) is 2.19. The first-order chi connectivity index (χ1) is 8.32. The van der Waals surface area contributed by atoms with Gasteiger partial charge in [0.05, 0.1) is 25.2 Å². The lowest BCUT2D eigenvalue weighted by atomic mass is 9.82. The minimum atomic E-state index is -0.492. The van der Waals surface area contributed by atoms with Crippen LogP contribution in [0.15, 0.2) is 12.7 Å². The fraction of sp³-hybridized carbons (Fsp3) is 0.769. The molecule has 0 saturated carbocycles. The van der Waals surface area contributed by atoms with E-state index in [9.17, 15) is 9.90 Å². The van der Waals surface area contributed by atoms with Crippen molar-refractivity contribution >= 4 is 6.09 Å². The van der Waals surface area contributed by atoms with Crippen LogP contribution in [0.4, 0.5) is 4.79 Å². The first kappa shape index (κ1) is 15.0. The van der Waals surface area contributed by atoms with Crippen LogP contribution >= 0.6 is 0 Å². The van der Waals surface area contributed by atoms with Gasteiger partial charge in [-0.25, -0.2) is 4.79 Å². The molecule has 1 saturated heterocycles. The van der Waals surface area contributed by atoms with Gasteiger partial charge in [-0.05, 0) is 20.8 Å². The van der Waals surface area contributed by atoms with Crippen molar-refractivity contribution in [2.45, 2.75) is 26.4 Å². The fourth-order valence-corrected chi connectivity index (χ4v) is 1.81. The molecule has 1 rings (SSSR count). The van der Waals surface area contributed by atoms with Gasteiger partial charge in [-0.15, -0.1) is 6.58 Å². The summed E-state index contributed by atoms with van der Waals surface area (Å²) >= 11 is 0. The van der Waals surface area contributed by atoms with Crippen LogP contribution in [0, 0.1) is 5.41 Å². The fourth-order valence-electron chi connectivity index (χ4n) is 1.81. The zero-order valence-electron chi connectivity index (χ0n) is 11.4. The summed E-state index contributed by atoms with van der Waals surface area (Å²) < 4.78 is 10.6. The number of aliphatic hydroxyl groups excluding tert-OH is 1. The molecule has 0 radical (unpaired) electrons. The third kappa shape index (κ3) is 3.99. The molecule has 5 nitrogen and oxygen atoms in total. The molecule has 1 amide bonds. The second-order valence-corrected chi connectivity index (χ2v) is 5.80. The van der Waals surface area contributed by atoms with E-state index in [1.807, 2.05) is 20.8 Å². The van der Waals surface area contributed by atoms with Crippen molar-refractivity contribution in [2.24, 2.45) is 5.41 Å². The summed E-state index contributed by atoms with van der Waals surface area (Å²) in [6.07, 6.45) is 1.32. The Balaban J connectivity index is 2.39. The number of carbonyl (C=O) groups excluding carboxylic acids is 1. The number of ether oxygens (including phenoxy) is 2. The van der Waals surface area contributed by atoms with Crippen molar-refractivity contribution in [2.75, 3.05) is 32.9 Å². The number of hydrogen-bond donors (Lipinski definition) is 1. The molecule has 0 bridgehead atoms. The van der Waals surface area contributed by atoms with Gasteiger partial charge in [-0.3, -0.25) is 0 Å². The Labute approximate surface area is 108 Å². The molecule has 18 heavy (non-hydrogen) atoms. The van der Waals surface area contributed by atoms with Gasteiger partial charge in [0.1, 0.15) is 5.60 Å². The van der Waals surface area contributed by atoms with Gasteiger partial charge >= 0.3 is 6.09 Å². The average molecular weight is 257 g/mol. The van der Waals surface area contributed by atoms with E-state index in [4.69, 9.17) is 9.47 Å². The lowest BCUT2D eigenvalue weighted by Crippen LogP contribution is -2.62. The minimum Gasteiger partial charge on any atom is -0.444 e. The van der Waals surface area contributed by atoms with Crippen LogP contribution in [0.5, 0.6) is 0 Å². The summed E-state index contributed by atoms with van der Waals surface area (Å²) in [6.45, 7) is 10.9.